The van der Waals surface area contributed by atoms with Crippen LogP contribution < -0.4 is 10.6 Å². The first kappa shape index (κ1) is 21.1. The SMILES string of the molecule is C[C@@H]1CN(c2nc(=O)n(C)c3c2nc(CO)n3C)[C@@H](C)CN1C(=O)OC(C)(C)C. The van der Waals surface area contributed by atoms with Gasteiger partial charge in [-0.15, -0.1) is 0 Å². The van der Waals surface area contributed by atoms with Gasteiger partial charge in [-0.3, -0.25) is 4.57 Å². The molecule has 10 heteroatoms. The molecule has 160 valence electrons. The lowest BCUT2D eigenvalue weighted by Crippen LogP contribution is -2.59. The largest absolute Gasteiger partial charge is 0.444 e. The average Bonchev–Trinajstić information content (AvgIpc) is 2.95. The zero-order chi connectivity index (χ0) is 21.7. The fraction of sp³-hybridized carbons (Fsp3) is 0.684. The van der Waals surface area contributed by atoms with Gasteiger partial charge in [0, 0.05) is 39.3 Å². The van der Waals surface area contributed by atoms with Gasteiger partial charge in [-0.05, 0) is 34.6 Å². The van der Waals surface area contributed by atoms with Crippen LogP contribution in [-0.2, 0) is 25.4 Å². The molecule has 2 aromatic rings. The first-order valence-electron chi connectivity index (χ1n) is 9.74. The highest BCUT2D eigenvalue weighted by molar-refractivity contribution is 5.85. The van der Waals surface area contributed by atoms with Crippen molar-refractivity contribution < 1.29 is 14.6 Å². The molecule has 1 fully saturated rings. The highest BCUT2D eigenvalue weighted by Gasteiger charge is 2.36. The second-order valence-corrected chi connectivity index (χ2v) is 8.68. The van der Waals surface area contributed by atoms with Gasteiger partial charge < -0.3 is 24.2 Å². The van der Waals surface area contributed by atoms with Crippen molar-refractivity contribution in [3.8, 4) is 0 Å². The van der Waals surface area contributed by atoms with E-state index in [0.29, 0.717) is 35.9 Å². The summed E-state index contributed by atoms with van der Waals surface area (Å²) in [6.07, 6.45) is -0.348. The number of rotatable bonds is 2. The summed E-state index contributed by atoms with van der Waals surface area (Å²) < 4.78 is 8.66. The van der Waals surface area contributed by atoms with E-state index in [1.54, 1.807) is 23.6 Å². The number of fused-ring (bicyclic) bond motifs is 1. The predicted molar refractivity (Wildman–Crippen MR) is 109 cm³/mol. The second-order valence-electron chi connectivity index (χ2n) is 8.68. The Morgan fingerprint density at radius 2 is 1.79 bits per heavy atom. The molecule has 0 unspecified atom stereocenters. The molecule has 1 aliphatic heterocycles. The van der Waals surface area contributed by atoms with Crippen molar-refractivity contribution in [1.29, 1.82) is 0 Å². The van der Waals surface area contributed by atoms with Crippen molar-refractivity contribution in [3.63, 3.8) is 0 Å². The van der Waals surface area contributed by atoms with Gasteiger partial charge in [0.25, 0.3) is 0 Å². The molecule has 0 bridgehead atoms. The molecule has 0 radical (unpaired) electrons. The summed E-state index contributed by atoms with van der Waals surface area (Å²) in [5.41, 5.74) is 0.196. The quantitative estimate of drug-likeness (QED) is 0.793. The van der Waals surface area contributed by atoms with Gasteiger partial charge in [0.1, 0.15) is 29.2 Å². The van der Waals surface area contributed by atoms with Gasteiger partial charge in [0.05, 0.1) is 0 Å². The summed E-state index contributed by atoms with van der Waals surface area (Å²) in [5.74, 6) is 0.930. The first-order valence-corrected chi connectivity index (χ1v) is 9.74. The topological polar surface area (TPSA) is 106 Å². The Balaban J connectivity index is 1.99. The van der Waals surface area contributed by atoms with Crippen LogP contribution in [-0.4, -0.2) is 66.0 Å². The zero-order valence-electron chi connectivity index (χ0n) is 18.1. The van der Waals surface area contributed by atoms with Gasteiger partial charge in [0.2, 0.25) is 0 Å². The third kappa shape index (κ3) is 3.81. The summed E-state index contributed by atoms with van der Waals surface area (Å²) in [6.45, 7) is 10.1. The Morgan fingerprint density at radius 3 is 2.38 bits per heavy atom. The third-order valence-corrected chi connectivity index (χ3v) is 5.20. The summed E-state index contributed by atoms with van der Waals surface area (Å²) in [7, 11) is 3.40. The van der Waals surface area contributed by atoms with Gasteiger partial charge >= 0.3 is 11.8 Å². The maximum Gasteiger partial charge on any atom is 0.410 e. The molecule has 1 aliphatic rings. The Hall–Kier alpha value is -2.62. The number of aromatic nitrogens is 4. The Labute approximate surface area is 169 Å². The van der Waals surface area contributed by atoms with E-state index in [1.165, 1.54) is 4.57 Å². The van der Waals surface area contributed by atoms with E-state index in [9.17, 15) is 14.7 Å². The number of hydrogen-bond acceptors (Lipinski definition) is 7. The number of amides is 1. The second kappa shape index (κ2) is 7.33. The van der Waals surface area contributed by atoms with Crippen LogP contribution in [0.1, 0.15) is 40.4 Å². The first-order chi connectivity index (χ1) is 13.4. The number of piperazine rings is 1. The molecule has 10 nitrogen and oxygen atoms in total. The predicted octanol–water partition coefficient (Wildman–Crippen LogP) is 0.993. The van der Waals surface area contributed by atoms with Gasteiger partial charge in [-0.25, -0.2) is 14.6 Å². The lowest BCUT2D eigenvalue weighted by Gasteiger charge is -2.44. The molecule has 2 atom stereocenters. The van der Waals surface area contributed by atoms with Gasteiger partial charge in [-0.2, -0.15) is 4.98 Å². The molecule has 3 rings (SSSR count). The lowest BCUT2D eigenvalue weighted by atomic mass is 10.1. The van der Waals surface area contributed by atoms with E-state index >= 15 is 0 Å². The molecule has 2 aromatic heterocycles. The van der Waals surface area contributed by atoms with Crippen LogP contribution in [0.25, 0.3) is 11.2 Å². The molecule has 29 heavy (non-hydrogen) atoms. The Kier molecular flexibility index (Phi) is 5.33. The van der Waals surface area contributed by atoms with Crippen LogP contribution in [0.5, 0.6) is 0 Å². The number of ether oxygens (including phenoxy) is 1. The number of aliphatic hydroxyl groups excluding tert-OH is 1. The Bertz CT molecular complexity index is 989. The standard InChI is InChI=1S/C19H30N6O4/c1-11-9-25(18(28)29-19(3,4)5)12(2)8-24(11)15-14-16(23(7)17(27)21-15)22(6)13(10-26)20-14/h11-12,26H,8-10H2,1-7H3/t11-,12+/m0/s1. The molecule has 0 spiro atoms. The average molecular weight is 406 g/mol. The van der Waals surface area contributed by atoms with Gasteiger partial charge in [0.15, 0.2) is 5.82 Å². The van der Waals surface area contributed by atoms with Crippen molar-refractivity contribution in [2.45, 2.75) is 58.9 Å². The van der Waals surface area contributed by atoms with E-state index in [4.69, 9.17) is 4.74 Å². The number of nitrogens with zero attached hydrogens (tertiary/aromatic N) is 6. The summed E-state index contributed by atoms with van der Waals surface area (Å²) in [4.78, 5) is 37.6. The summed E-state index contributed by atoms with van der Waals surface area (Å²) >= 11 is 0. The number of anilines is 1. The number of aliphatic hydroxyl groups is 1. The number of hydrogen-bond donors (Lipinski definition) is 1. The van der Waals surface area contributed by atoms with E-state index in [0.717, 1.165) is 0 Å². The van der Waals surface area contributed by atoms with Crippen LogP contribution in [0.3, 0.4) is 0 Å². The van der Waals surface area contributed by atoms with Crippen molar-refractivity contribution in [1.82, 2.24) is 24.0 Å². The van der Waals surface area contributed by atoms with Crippen LogP contribution in [0.15, 0.2) is 4.79 Å². The highest BCUT2D eigenvalue weighted by atomic mass is 16.6. The van der Waals surface area contributed by atoms with Crippen molar-refractivity contribution in [3.05, 3.63) is 16.3 Å². The minimum atomic E-state index is -0.564. The maximum absolute atomic E-state index is 12.6. The minimum Gasteiger partial charge on any atom is -0.444 e. The Morgan fingerprint density at radius 1 is 1.14 bits per heavy atom. The number of carbonyl (C=O) groups excluding carboxylic acids is 1. The van der Waals surface area contributed by atoms with Crippen molar-refractivity contribution >= 4 is 23.1 Å². The van der Waals surface area contributed by atoms with E-state index < -0.39 is 11.3 Å². The fourth-order valence-electron chi connectivity index (χ4n) is 3.72. The molecule has 0 aromatic carbocycles. The number of carbonyl (C=O) groups is 1. The van der Waals surface area contributed by atoms with Crippen LogP contribution in [0, 0.1) is 0 Å². The normalized spacial score (nSPS) is 20.4. The maximum atomic E-state index is 12.6. The van der Waals surface area contributed by atoms with Crippen molar-refractivity contribution in [2.24, 2.45) is 14.1 Å². The monoisotopic (exact) mass is 406 g/mol. The van der Waals surface area contributed by atoms with Crippen LogP contribution in [0.2, 0.25) is 0 Å². The van der Waals surface area contributed by atoms with Crippen molar-refractivity contribution in [2.75, 3.05) is 18.0 Å². The van der Waals surface area contributed by atoms with E-state index in [-0.39, 0.29) is 24.8 Å². The molecule has 0 aliphatic carbocycles. The van der Waals surface area contributed by atoms with E-state index in [1.807, 2.05) is 39.5 Å². The molecule has 0 saturated carbocycles. The molecule has 3 heterocycles. The van der Waals surface area contributed by atoms with E-state index in [2.05, 4.69) is 9.97 Å². The third-order valence-electron chi connectivity index (χ3n) is 5.20. The lowest BCUT2D eigenvalue weighted by molar-refractivity contribution is 0.0130. The zero-order valence-corrected chi connectivity index (χ0v) is 18.1. The fourth-order valence-corrected chi connectivity index (χ4v) is 3.72. The molecular weight excluding hydrogens is 376 g/mol. The summed E-state index contributed by atoms with van der Waals surface area (Å²) in [6, 6.07) is -0.232. The summed E-state index contributed by atoms with van der Waals surface area (Å²) in [5, 5.41) is 9.60. The smallest absolute Gasteiger partial charge is 0.410 e. The molecule has 1 N–H and O–H groups in total. The molecule has 1 saturated heterocycles. The number of aryl methyl sites for hydroxylation is 2. The molecule has 1 amide bonds. The minimum absolute atomic E-state index is 0.0962. The van der Waals surface area contributed by atoms with Crippen LogP contribution in [0.4, 0.5) is 10.6 Å². The van der Waals surface area contributed by atoms with Crippen LogP contribution >= 0.6 is 0 Å². The molecular formula is C19H30N6O4. The highest BCUT2D eigenvalue weighted by Crippen LogP contribution is 2.28. The van der Waals surface area contributed by atoms with Gasteiger partial charge in [-0.1, -0.05) is 0 Å². The number of imidazole rings is 1.